The summed E-state index contributed by atoms with van der Waals surface area (Å²) in [7, 11) is 0. The van der Waals surface area contributed by atoms with E-state index in [4.69, 9.17) is 5.73 Å². The lowest BCUT2D eigenvalue weighted by molar-refractivity contribution is -0.131. The first-order valence-electron chi connectivity index (χ1n) is 8.29. The van der Waals surface area contributed by atoms with Crippen LogP contribution in [0.2, 0.25) is 0 Å². The molecule has 8 heteroatoms. The summed E-state index contributed by atoms with van der Waals surface area (Å²) in [5.41, 5.74) is 5.18. The van der Waals surface area contributed by atoms with Gasteiger partial charge in [0.2, 0.25) is 0 Å². The number of urea groups is 1. The zero-order valence-corrected chi connectivity index (χ0v) is 15.7. The number of carbonyl (C=O) groups excluding carboxylic acids is 2. The normalized spacial score (nSPS) is 23.7. The van der Waals surface area contributed by atoms with Gasteiger partial charge in [0, 0.05) is 19.6 Å². The number of carbonyl (C=O) groups is 2. The molecular weight excluding hydrogens is 409 g/mol. The smallest absolute Gasteiger partial charge is 0.325 e. The maximum Gasteiger partial charge on any atom is 0.325 e. The van der Waals surface area contributed by atoms with E-state index in [-0.39, 0.29) is 35.9 Å². The molecule has 2 aliphatic carbocycles. The van der Waals surface area contributed by atoms with Crippen LogP contribution in [0.4, 0.5) is 4.79 Å². The van der Waals surface area contributed by atoms with Crippen molar-refractivity contribution in [1.29, 1.82) is 0 Å². The first-order chi connectivity index (χ1) is 10.6. The Balaban J connectivity index is 0.00000192. The minimum absolute atomic E-state index is 0. The summed E-state index contributed by atoms with van der Waals surface area (Å²) < 4.78 is 0. The Morgan fingerprint density at radius 1 is 1.30 bits per heavy atom. The van der Waals surface area contributed by atoms with Crippen molar-refractivity contribution in [2.45, 2.75) is 50.5 Å². The van der Waals surface area contributed by atoms with Gasteiger partial charge in [0.15, 0.2) is 5.96 Å². The molecule has 3 fully saturated rings. The van der Waals surface area contributed by atoms with E-state index in [0.717, 1.165) is 32.2 Å². The molecule has 4 N–H and O–H groups in total. The van der Waals surface area contributed by atoms with Crippen molar-refractivity contribution in [3.63, 3.8) is 0 Å². The van der Waals surface area contributed by atoms with Gasteiger partial charge < -0.3 is 16.4 Å². The fourth-order valence-corrected chi connectivity index (χ4v) is 3.45. The Morgan fingerprint density at radius 3 is 2.61 bits per heavy atom. The SMILES string of the molecule is I.NC(=NCC1CCC1)NCCN1C(=O)NC2(CCCC2)C1=O. The highest BCUT2D eigenvalue weighted by Gasteiger charge is 2.52. The highest BCUT2D eigenvalue weighted by atomic mass is 127. The van der Waals surface area contributed by atoms with E-state index < -0.39 is 5.54 Å². The summed E-state index contributed by atoms with van der Waals surface area (Å²) in [5, 5.41) is 5.86. The van der Waals surface area contributed by atoms with Gasteiger partial charge in [0.05, 0.1) is 0 Å². The van der Waals surface area contributed by atoms with Crippen LogP contribution in [0.25, 0.3) is 0 Å². The molecule has 0 aromatic heterocycles. The molecule has 1 aliphatic heterocycles. The quantitative estimate of drug-likeness (QED) is 0.261. The Hall–Kier alpha value is -1.06. The Bertz CT molecular complexity index is 486. The van der Waals surface area contributed by atoms with Gasteiger partial charge in [-0.05, 0) is 31.6 Å². The molecule has 0 radical (unpaired) electrons. The molecule has 3 aliphatic rings. The van der Waals surface area contributed by atoms with E-state index in [9.17, 15) is 9.59 Å². The van der Waals surface area contributed by atoms with E-state index in [0.29, 0.717) is 25.0 Å². The molecule has 0 unspecified atom stereocenters. The summed E-state index contributed by atoms with van der Waals surface area (Å²) in [6, 6.07) is -0.279. The largest absolute Gasteiger partial charge is 0.370 e. The average molecular weight is 435 g/mol. The number of amides is 3. The van der Waals surface area contributed by atoms with E-state index in [1.165, 1.54) is 24.2 Å². The number of hydrogen-bond acceptors (Lipinski definition) is 3. The minimum Gasteiger partial charge on any atom is -0.370 e. The number of rotatable bonds is 5. The zero-order valence-electron chi connectivity index (χ0n) is 13.3. The number of nitrogens with one attached hydrogen (secondary N) is 2. The van der Waals surface area contributed by atoms with Crippen molar-refractivity contribution in [1.82, 2.24) is 15.5 Å². The van der Waals surface area contributed by atoms with E-state index in [1.807, 2.05) is 0 Å². The maximum absolute atomic E-state index is 12.4. The third kappa shape index (κ3) is 3.89. The number of nitrogens with two attached hydrogens (primary N) is 1. The van der Waals surface area contributed by atoms with Crippen LogP contribution in [0.5, 0.6) is 0 Å². The van der Waals surface area contributed by atoms with Crippen molar-refractivity contribution in [3.8, 4) is 0 Å². The molecule has 1 saturated heterocycles. The van der Waals surface area contributed by atoms with Gasteiger partial charge in [-0.25, -0.2) is 4.79 Å². The third-order valence-corrected chi connectivity index (χ3v) is 5.09. The van der Waals surface area contributed by atoms with Gasteiger partial charge in [-0.1, -0.05) is 19.3 Å². The molecule has 2 saturated carbocycles. The predicted molar refractivity (Wildman–Crippen MR) is 98.7 cm³/mol. The van der Waals surface area contributed by atoms with Crippen LogP contribution >= 0.6 is 24.0 Å². The summed E-state index contributed by atoms with van der Waals surface area (Å²) in [6.07, 6.45) is 7.28. The molecule has 1 heterocycles. The Labute approximate surface area is 153 Å². The second-order valence-corrected chi connectivity index (χ2v) is 6.63. The lowest BCUT2D eigenvalue weighted by Gasteiger charge is -2.23. The van der Waals surface area contributed by atoms with Gasteiger partial charge in [-0.3, -0.25) is 14.7 Å². The van der Waals surface area contributed by atoms with Gasteiger partial charge in [-0.2, -0.15) is 0 Å². The van der Waals surface area contributed by atoms with Crippen LogP contribution in [0.1, 0.15) is 44.9 Å². The molecule has 0 aromatic carbocycles. The molecule has 7 nitrogen and oxygen atoms in total. The lowest BCUT2D eigenvalue weighted by atomic mass is 9.86. The number of nitrogens with zero attached hydrogens (tertiary/aromatic N) is 2. The topological polar surface area (TPSA) is 99.8 Å². The standard InChI is InChI=1S/C15H25N5O2.HI/c16-13(18-10-11-4-3-5-11)17-8-9-20-12(21)15(19-14(20)22)6-1-2-7-15;/h11H,1-10H2,(H,19,22)(H3,16,17,18);1H. The number of imide groups is 1. The summed E-state index contributed by atoms with van der Waals surface area (Å²) in [4.78, 5) is 30.0. The Kier molecular flexibility index (Phi) is 6.10. The number of halogens is 1. The molecule has 0 aromatic rings. The molecule has 1 spiro atoms. The lowest BCUT2D eigenvalue weighted by Crippen LogP contribution is -2.45. The average Bonchev–Trinajstić information content (AvgIpc) is 2.98. The first kappa shape index (κ1) is 18.3. The molecule has 130 valence electrons. The van der Waals surface area contributed by atoms with Crippen molar-refractivity contribution < 1.29 is 9.59 Å². The van der Waals surface area contributed by atoms with Crippen molar-refractivity contribution >= 4 is 41.9 Å². The van der Waals surface area contributed by atoms with Crippen LogP contribution in [-0.4, -0.2) is 48.0 Å². The predicted octanol–water partition coefficient (Wildman–Crippen LogP) is 1.17. The molecule has 0 bridgehead atoms. The van der Waals surface area contributed by atoms with Crippen LogP contribution in [-0.2, 0) is 4.79 Å². The summed E-state index contributed by atoms with van der Waals surface area (Å²) >= 11 is 0. The second-order valence-electron chi connectivity index (χ2n) is 6.63. The Morgan fingerprint density at radius 2 is 2.00 bits per heavy atom. The molecule has 0 atom stereocenters. The van der Waals surface area contributed by atoms with Crippen molar-refractivity contribution in [2.24, 2.45) is 16.6 Å². The van der Waals surface area contributed by atoms with E-state index in [1.54, 1.807) is 0 Å². The van der Waals surface area contributed by atoms with Crippen LogP contribution in [0, 0.1) is 5.92 Å². The van der Waals surface area contributed by atoms with Gasteiger partial charge >= 0.3 is 6.03 Å². The highest BCUT2D eigenvalue weighted by Crippen LogP contribution is 2.34. The van der Waals surface area contributed by atoms with Crippen molar-refractivity contribution in [2.75, 3.05) is 19.6 Å². The fraction of sp³-hybridized carbons (Fsp3) is 0.800. The maximum atomic E-state index is 12.4. The minimum atomic E-state index is -0.624. The van der Waals surface area contributed by atoms with Crippen LogP contribution in [0.3, 0.4) is 0 Å². The number of hydrogen-bond donors (Lipinski definition) is 3. The van der Waals surface area contributed by atoms with Crippen LogP contribution in [0.15, 0.2) is 4.99 Å². The molecule has 3 rings (SSSR count). The monoisotopic (exact) mass is 435 g/mol. The number of aliphatic imine (C=N–C) groups is 1. The number of guanidine groups is 1. The van der Waals surface area contributed by atoms with Crippen molar-refractivity contribution in [3.05, 3.63) is 0 Å². The summed E-state index contributed by atoms with van der Waals surface area (Å²) in [6.45, 7) is 1.53. The molecular formula is C15H26IN5O2. The van der Waals surface area contributed by atoms with Gasteiger partial charge in [-0.15, -0.1) is 24.0 Å². The van der Waals surface area contributed by atoms with Crippen LogP contribution < -0.4 is 16.4 Å². The highest BCUT2D eigenvalue weighted by molar-refractivity contribution is 14.0. The zero-order chi connectivity index (χ0) is 15.6. The molecule has 3 amide bonds. The van der Waals surface area contributed by atoms with Gasteiger partial charge in [0.1, 0.15) is 5.54 Å². The first-order valence-corrected chi connectivity index (χ1v) is 8.29. The van der Waals surface area contributed by atoms with E-state index >= 15 is 0 Å². The summed E-state index contributed by atoms with van der Waals surface area (Å²) in [5.74, 6) is 0.991. The second kappa shape index (κ2) is 7.67. The van der Waals surface area contributed by atoms with Gasteiger partial charge in [0.25, 0.3) is 5.91 Å². The molecule has 23 heavy (non-hydrogen) atoms. The van der Waals surface area contributed by atoms with E-state index in [2.05, 4.69) is 15.6 Å². The third-order valence-electron chi connectivity index (χ3n) is 5.09. The fourth-order valence-electron chi connectivity index (χ4n) is 3.45.